The quantitative estimate of drug-likeness (QED) is 0.0182. The van der Waals surface area contributed by atoms with Crippen LogP contribution in [-0.2, 0) is 103 Å². The van der Waals surface area contributed by atoms with Crippen LogP contribution in [0.5, 0.6) is 34.5 Å². The molecule has 0 atom stereocenters. The minimum Gasteiger partial charge on any atom is -0.491 e. The zero-order valence-electron chi connectivity index (χ0n) is 75.5. The van der Waals surface area contributed by atoms with Crippen molar-refractivity contribution in [3.05, 3.63) is 218 Å². The predicted molar refractivity (Wildman–Crippen MR) is 539 cm³/mol. The highest BCUT2D eigenvalue weighted by molar-refractivity contribution is 7.98. The Balaban J connectivity index is 0.000000131. The molecule has 0 amide bonds. The van der Waals surface area contributed by atoms with Crippen LogP contribution in [0.4, 0.5) is 0 Å². The molecule has 674 valence electrons. The number of esters is 2. The molecule has 0 bridgehead atoms. The van der Waals surface area contributed by atoms with Crippen molar-refractivity contribution in [2.45, 2.75) is 140 Å². The predicted octanol–water partition coefficient (Wildman–Crippen LogP) is 22.8. The molecule has 0 saturated carbocycles. The molecule has 6 heterocycles. The van der Waals surface area contributed by atoms with E-state index in [0.717, 1.165) is 33.8 Å². The molecule has 6 fully saturated rings. The fraction of sp³-hybridized carbons (Fsp3) is 0.421. The van der Waals surface area contributed by atoms with Crippen LogP contribution in [0.1, 0.15) is 110 Å². The highest BCUT2D eigenvalue weighted by atomic mass is 32.2. The fourth-order valence-corrected chi connectivity index (χ4v) is 32.1. The maximum absolute atomic E-state index is 11.2. The van der Waals surface area contributed by atoms with E-state index < -0.39 is 0 Å². The number of carbonyl (C=O) groups excluding carboxylic acids is 2. The Morgan fingerprint density at radius 2 is 0.370 bits per heavy atom. The molecule has 6 aliphatic heterocycles. The van der Waals surface area contributed by atoms with Gasteiger partial charge in [0.15, 0.2) is 29.4 Å². The largest absolute Gasteiger partial charge is 0.491 e. The van der Waals surface area contributed by atoms with E-state index in [1.165, 1.54) is 262 Å². The van der Waals surface area contributed by atoms with Crippen LogP contribution in [0.25, 0.3) is 64.6 Å². The molecule has 127 heavy (non-hydrogen) atoms. The summed E-state index contributed by atoms with van der Waals surface area (Å²) in [5, 5.41) is 15.0. The first kappa shape index (κ1) is 96.7. The van der Waals surface area contributed by atoms with E-state index >= 15 is 0 Å². The molecule has 12 aromatic rings. The number of fused-ring (bicyclic) bond motifs is 6. The zero-order valence-corrected chi connectivity index (χ0v) is 80.4. The first-order valence-corrected chi connectivity index (χ1v) is 55.1. The molecule has 0 radical (unpaired) electrons. The van der Waals surface area contributed by atoms with E-state index in [2.05, 4.69) is 182 Å². The molecule has 14 nitrogen and oxygen atoms in total. The van der Waals surface area contributed by atoms with Crippen molar-refractivity contribution in [2.75, 3.05) is 177 Å². The number of ether oxygens (including phenoxy) is 12. The maximum atomic E-state index is 11.2. The van der Waals surface area contributed by atoms with Crippen LogP contribution < -0.4 is 28.4 Å². The second kappa shape index (κ2) is 52.9. The Labute approximate surface area is 771 Å². The number of hydrogen-bond acceptors (Lipinski definition) is 14. The highest BCUT2D eigenvalue weighted by Crippen LogP contribution is 2.42. The van der Waals surface area contributed by atoms with Gasteiger partial charge in [-0.25, -0.2) is 0 Å². The lowest BCUT2D eigenvalue weighted by molar-refractivity contribution is -0.132. The summed E-state index contributed by atoms with van der Waals surface area (Å²) in [6.45, 7) is 10.1. The van der Waals surface area contributed by atoms with Gasteiger partial charge in [-0.3, -0.25) is 9.59 Å². The lowest BCUT2D eigenvalue weighted by Gasteiger charge is -2.16. The van der Waals surface area contributed by atoms with E-state index in [1.54, 1.807) is 28.4 Å². The summed E-state index contributed by atoms with van der Waals surface area (Å²) in [6, 6.07) is 77.0. The summed E-state index contributed by atoms with van der Waals surface area (Å²) >= 11 is 0. The summed E-state index contributed by atoms with van der Waals surface area (Å²) in [5.74, 6) is 20.7. The van der Waals surface area contributed by atoms with Crippen molar-refractivity contribution >= 4 is 142 Å². The van der Waals surface area contributed by atoms with Gasteiger partial charge in [-0.05, 0) is 206 Å². The van der Waals surface area contributed by atoms with Crippen LogP contribution in [-0.4, -0.2) is 189 Å². The minimum atomic E-state index is -0.263. The Morgan fingerprint density at radius 3 is 0.575 bits per heavy atom. The number of rotatable bonds is 30. The number of benzene rings is 12. The molecule has 0 spiro atoms. The van der Waals surface area contributed by atoms with Crippen molar-refractivity contribution in [2.24, 2.45) is 0 Å². The minimum absolute atomic E-state index is 0.261. The summed E-state index contributed by atoms with van der Waals surface area (Å²) in [4.78, 5) is 31.4. The van der Waals surface area contributed by atoms with E-state index in [1.807, 2.05) is 36.4 Å². The van der Waals surface area contributed by atoms with Gasteiger partial charge < -0.3 is 56.8 Å². The maximum Gasteiger partial charge on any atom is 0.308 e. The molecular formula is C107H132O14S6+6. The van der Waals surface area contributed by atoms with Gasteiger partial charge in [-0.1, -0.05) is 109 Å². The van der Waals surface area contributed by atoms with Crippen molar-refractivity contribution in [1.29, 1.82) is 0 Å². The van der Waals surface area contributed by atoms with Gasteiger partial charge in [0, 0.05) is 172 Å². The molecule has 6 saturated heterocycles. The average Bonchev–Trinajstić information content (AvgIpc) is 1.75. The third-order valence-electron chi connectivity index (χ3n) is 23.3. The molecule has 0 N–H and O–H groups in total. The second-order valence-corrected chi connectivity index (χ2v) is 45.6. The van der Waals surface area contributed by atoms with Gasteiger partial charge in [0.2, 0.25) is 0 Å². The van der Waals surface area contributed by atoms with Crippen molar-refractivity contribution in [3.63, 3.8) is 0 Å². The molecule has 12 aromatic carbocycles. The Hall–Kier alpha value is -7.80. The van der Waals surface area contributed by atoms with Gasteiger partial charge in [0.05, 0.1) is 52.9 Å². The Morgan fingerprint density at radius 1 is 0.205 bits per heavy atom. The third-order valence-corrected chi connectivity index (χ3v) is 38.5. The van der Waals surface area contributed by atoms with Crippen LogP contribution >= 0.6 is 0 Å². The van der Waals surface area contributed by atoms with Crippen LogP contribution in [0.15, 0.2) is 248 Å². The molecule has 20 heteroatoms. The van der Waals surface area contributed by atoms with Crippen LogP contribution in [0.2, 0.25) is 0 Å². The van der Waals surface area contributed by atoms with Gasteiger partial charge in [0.1, 0.15) is 130 Å². The van der Waals surface area contributed by atoms with E-state index in [0.29, 0.717) is 156 Å². The van der Waals surface area contributed by atoms with Crippen LogP contribution in [0.3, 0.4) is 0 Å². The number of methoxy groups -OCH3 is 4. The van der Waals surface area contributed by atoms with E-state index in [-0.39, 0.29) is 11.9 Å². The first-order valence-electron chi connectivity index (χ1n) is 45.8. The molecule has 0 unspecified atom stereocenters. The summed E-state index contributed by atoms with van der Waals surface area (Å²) in [5.41, 5.74) is 0. The average molecular weight is 1830 g/mol. The summed E-state index contributed by atoms with van der Waals surface area (Å²) in [6.07, 6.45) is 20.5. The normalized spacial score (nSPS) is 15.9. The smallest absolute Gasteiger partial charge is 0.308 e. The van der Waals surface area contributed by atoms with Gasteiger partial charge >= 0.3 is 11.9 Å². The standard InChI is InChI=1S/C20H27O3S.C19H25O3S.C18H23O2S.C17H19O2S.C17H21O2S.C16H17O2S/c1-21-11-12-22-13-14-23-19-9-10-20(24-15-5-2-6-16-24)18-8-4-3-7-17(18)19;1-20-10-11-21-12-13-22-18-8-9-19(23-14-4-5-15-23)17-7-3-2-6-16(17)18;1-19-11-12-20-17-9-10-18(21-13-5-2-6-14-21)16-8-4-3-7-15(16)17;1-13(18)19-16-9-10-17(20-11-5-2-6-12-20)15-8-4-3-7-14(15)16;1-18-10-11-19-16-8-9-17(20-12-4-5-13-20)15-7-3-2-6-14(15)16;1-12(17)18-15-8-9-16(19-10-4-5-11-19)14-7-3-2-6-13(14)15/h3-4,7-10H,2,5-6,11-16H2,1H3;2-3,6-9H,4-5,10-15H2,1H3;3-4,7-10H,2,5-6,11-14H2,1H3;3-4,7-10H,2,5-6,11-12H2,1H3;2-3,6-9H,4-5,10-13H2,1H3;2-3,6-9H,4-5,10-11H2,1H3/q6*+1. The fourth-order valence-electron chi connectivity index (χ4n) is 17.1. The molecule has 18 rings (SSSR count). The Bertz CT molecular complexity index is 5380. The third kappa shape index (κ3) is 27.9. The van der Waals surface area contributed by atoms with Crippen molar-refractivity contribution in [3.8, 4) is 34.5 Å². The van der Waals surface area contributed by atoms with E-state index in [9.17, 15) is 9.59 Å². The summed E-state index contributed by atoms with van der Waals surface area (Å²) in [7, 11) is 9.18. The molecular weight excluding hydrogens is 1700 g/mol. The van der Waals surface area contributed by atoms with E-state index in [4.69, 9.17) is 56.8 Å². The molecule has 0 aromatic heterocycles. The zero-order chi connectivity index (χ0) is 88.0. The number of hydrogen-bond donors (Lipinski definition) is 0. The SMILES string of the molecule is CC(=O)Oc1ccc([S+]2CCCC2)c2ccccc12.CC(=O)Oc1ccc([S+]2CCCCC2)c2ccccc12.COCCOCCOc1ccc([S+]2CCCC2)c2ccccc12.COCCOCCOc1ccc([S+]2CCCCC2)c2ccccc12.COCCOc1ccc([S+]2CCCC2)c2ccccc12.COCCOc1ccc([S+]2CCCCC2)c2ccccc12. The highest BCUT2D eigenvalue weighted by Gasteiger charge is 2.35. The van der Waals surface area contributed by atoms with Crippen molar-refractivity contribution < 1.29 is 66.4 Å². The topological polar surface area (TPSA) is 145 Å². The van der Waals surface area contributed by atoms with Gasteiger partial charge in [-0.15, -0.1) is 0 Å². The lowest BCUT2D eigenvalue weighted by Crippen LogP contribution is -2.18. The molecule has 0 aliphatic carbocycles. The summed E-state index contributed by atoms with van der Waals surface area (Å²) < 4.78 is 65.3. The van der Waals surface area contributed by atoms with Crippen LogP contribution in [0, 0.1) is 0 Å². The second-order valence-electron chi connectivity index (χ2n) is 32.1. The lowest BCUT2D eigenvalue weighted by atomic mass is 10.1. The Kier molecular flexibility index (Phi) is 40.3. The molecule has 6 aliphatic rings. The van der Waals surface area contributed by atoms with Gasteiger partial charge in [0.25, 0.3) is 0 Å². The number of carbonyl (C=O) groups is 2. The first-order chi connectivity index (χ1) is 62.6. The monoisotopic (exact) mass is 1830 g/mol. The van der Waals surface area contributed by atoms with Crippen molar-refractivity contribution in [1.82, 2.24) is 0 Å². The van der Waals surface area contributed by atoms with Gasteiger partial charge in [-0.2, -0.15) is 0 Å².